The number of hydrogen-bond donors (Lipinski definition) is 2. The molecule has 0 aliphatic heterocycles. The maximum atomic E-state index is 13.8. The first-order valence-corrected chi connectivity index (χ1v) is 13.0. The van der Waals surface area contributed by atoms with E-state index in [1.165, 1.54) is 12.1 Å². The SMILES string of the molecule is CS(=O)(=O)c1cccc(S(=O)(=O)Nc2cc(F)ccc2C(=O)NC23CC(C(F)(F)F)(C2)C3)c1. The molecule has 0 heterocycles. The van der Waals surface area contributed by atoms with Crippen LogP contribution in [0.1, 0.15) is 29.6 Å². The number of rotatable bonds is 6. The number of carbonyl (C=O) groups excluding carboxylic acids is 1. The molecule has 3 aliphatic rings. The van der Waals surface area contributed by atoms with Crippen LogP contribution in [-0.4, -0.2) is 40.7 Å². The molecule has 33 heavy (non-hydrogen) atoms. The summed E-state index contributed by atoms with van der Waals surface area (Å²) in [5.41, 5.74) is -3.54. The smallest absolute Gasteiger partial charge is 0.346 e. The van der Waals surface area contributed by atoms with E-state index in [-0.39, 0.29) is 29.7 Å². The lowest BCUT2D eigenvalue weighted by molar-refractivity contribution is -0.336. The van der Waals surface area contributed by atoms with E-state index in [0.717, 1.165) is 36.6 Å². The van der Waals surface area contributed by atoms with Gasteiger partial charge in [0.25, 0.3) is 15.9 Å². The minimum absolute atomic E-state index is 0.259. The van der Waals surface area contributed by atoms with Gasteiger partial charge in [-0.2, -0.15) is 13.2 Å². The summed E-state index contributed by atoms with van der Waals surface area (Å²) in [6.45, 7) is 0. The fraction of sp³-hybridized carbons (Fsp3) is 0.350. The highest BCUT2D eigenvalue weighted by atomic mass is 32.2. The van der Waals surface area contributed by atoms with Crippen LogP contribution < -0.4 is 10.0 Å². The average molecular weight is 506 g/mol. The molecule has 2 aromatic carbocycles. The Labute approximate surface area is 187 Å². The predicted molar refractivity (Wildman–Crippen MR) is 109 cm³/mol. The van der Waals surface area contributed by atoms with Gasteiger partial charge in [-0.1, -0.05) is 6.07 Å². The molecule has 0 unspecified atom stereocenters. The van der Waals surface area contributed by atoms with Crippen LogP contribution in [0, 0.1) is 11.2 Å². The molecule has 0 saturated heterocycles. The molecule has 3 saturated carbocycles. The largest absolute Gasteiger partial charge is 0.394 e. The van der Waals surface area contributed by atoms with E-state index in [9.17, 15) is 39.2 Å². The van der Waals surface area contributed by atoms with Gasteiger partial charge < -0.3 is 5.32 Å². The number of sulfone groups is 1. The lowest BCUT2D eigenvalue weighted by Crippen LogP contribution is -2.78. The molecule has 0 aromatic heterocycles. The fourth-order valence-corrected chi connectivity index (χ4v) is 6.26. The molecule has 2 bridgehead atoms. The normalized spacial score (nSPS) is 24.4. The Morgan fingerprint density at radius 1 is 0.970 bits per heavy atom. The molecule has 0 atom stereocenters. The third-order valence-electron chi connectivity index (χ3n) is 6.02. The minimum atomic E-state index is -4.43. The van der Waals surface area contributed by atoms with Crippen LogP contribution >= 0.6 is 0 Å². The zero-order chi connectivity index (χ0) is 24.4. The summed E-state index contributed by atoms with van der Waals surface area (Å²) < 4.78 is 104. The molecule has 3 fully saturated rings. The van der Waals surface area contributed by atoms with E-state index in [2.05, 4.69) is 10.0 Å². The molecule has 0 spiro atoms. The zero-order valence-electron chi connectivity index (χ0n) is 17.0. The van der Waals surface area contributed by atoms with Crippen LogP contribution in [0.4, 0.5) is 23.2 Å². The van der Waals surface area contributed by atoms with Crippen LogP contribution in [0.2, 0.25) is 0 Å². The highest BCUT2D eigenvalue weighted by Crippen LogP contribution is 2.73. The van der Waals surface area contributed by atoms with Gasteiger partial charge in [-0.15, -0.1) is 0 Å². The summed E-state index contributed by atoms with van der Waals surface area (Å²) >= 11 is 0. The van der Waals surface area contributed by atoms with Crippen LogP contribution in [0.15, 0.2) is 52.3 Å². The van der Waals surface area contributed by atoms with Gasteiger partial charge in [0.1, 0.15) is 5.82 Å². The Kier molecular flexibility index (Phi) is 5.10. The summed E-state index contributed by atoms with van der Waals surface area (Å²) in [6, 6.07) is 7.13. The number of benzene rings is 2. The summed E-state index contributed by atoms with van der Waals surface area (Å²) in [5, 5.41) is 2.51. The monoisotopic (exact) mass is 506 g/mol. The molecule has 7 nitrogen and oxygen atoms in total. The van der Waals surface area contributed by atoms with Crippen LogP contribution in [0.5, 0.6) is 0 Å². The van der Waals surface area contributed by atoms with Gasteiger partial charge in [-0.3, -0.25) is 9.52 Å². The number of halogens is 4. The van der Waals surface area contributed by atoms with Gasteiger partial charge in [0.05, 0.1) is 26.5 Å². The first-order chi connectivity index (χ1) is 15.1. The predicted octanol–water partition coefficient (Wildman–Crippen LogP) is 3.24. The molecule has 1 amide bonds. The van der Waals surface area contributed by atoms with Gasteiger partial charge in [0.15, 0.2) is 9.84 Å². The number of anilines is 1. The van der Waals surface area contributed by atoms with Crippen molar-refractivity contribution >= 4 is 31.5 Å². The molecule has 2 N–H and O–H groups in total. The lowest BCUT2D eigenvalue weighted by atomic mass is 9.39. The Bertz CT molecular complexity index is 1350. The van der Waals surface area contributed by atoms with E-state index in [0.29, 0.717) is 0 Å². The summed E-state index contributed by atoms with van der Waals surface area (Å²) in [5.74, 6) is -1.72. The second-order valence-electron chi connectivity index (χ2n) is 8.59. The maximum Gasteiger partial charge on any atom is 0.394 e. The first-order valence-electron chi connectivity index (χ1n) is 9.58. The van der Waals surface area contributed by atoms with Crippen LogP contribution in [0.25, 0.3) is 0 Å². The summed E-state index contributed by atoms with van der Waals surface area (Å²) in [6.07, 6.45) is -4.27. The Hall–Kier alpha value is -2.67. The highest BCUT2D eigenvalue weighted by molar-refractivity contribution is 7.93. The van der Waals surface area contributed by atoms with Crippen molar-refractivity contribution < 1.29 is 39.2 Å². The highest BCUT2D eigenvalue weighted by Gasteiger charge is 2.79. The number of carbonyl (C=O) groups is 1. The van der Waals surface area contributed by atoms with Crippen molar-refractivity contribution in [3.05, 3.63) is 53.8 Å². The van der Waals surface area contributed by atoms with Gasteiger partial charge >= 0.3 is 6.18 Å². The van der Waals surface area contributed by atoms with Gasteiger partial charge in [0.2, 0.25) is 0 Å². The lowest BCUT2D eigenvalue weighted by Gasteiger charge is -2.70. The zero-order valence-corrected chi connectivity index (χ0v) is 18.7. The third kappa shape index (κ3) is 4.07. The molecular formula is C20H18F4N2O5S2. The van der Waals surface area contributed by atoms with Gasteiger partial charge in [-0.25, -0.2) is 21.2 Å². The van der Waals surface area contributed by atoms with E-state index >= 15 is 0 Å². The minimum Gasteiger partial charge on any atom is -0.346 e. The molecule has 2 aromatic rings. The molecule has 178 valence electrons. The molecular weight excluding hydrogens is 488 g/mol. The Morgan fingerprint density at radius 2 is 1.58 bits per heavy atom. The van der Waals surface area contributed by atoms with Gasteiger partial charge in [-0.05, 0) is 55.7 Å². The first kappa shape index (κ1) is 23.5. The maximum absolute atomic E-state index is 13.8. The Morgan fingerprint density at radius 3 is 2.15 bits per heavy atom. The fourth-order valence-electron chi connectivity index (χ4n) is 4.40. The molecule has 13 heteroatoms. The Balaban J connectivity index is 1.58. The van der Waals surface area contributed by atoms with Gasteiger partial charge in [0, 0.05) is 11.8 Å². The summed E-state index contributed by atoms with van der Waals surface area (Å²) in [4.78, 5) is 12.0. The standard InChI is InChI=1S/C20H18F4N2O5S2/c1-32(28,29)13-3-2-4-14(8-13)33(30,31)26-16-7-12(21)5-6-15(16)17(27)25-19-9-18(10-19,11-19)20(22,23)24/h2-8,26H,9-11H2,1H3,(H,25,27). The van der Waals surface area contributed by atoms with Crippen molar-refractivity contribution in [3.63, 3.8) is 0 Å². The quantitative estimate of drug-likeness (QED) is 0.585. The van der Waals surface area contributed by atoms with E-state index < -0.39 is 59.3 Å². The van der Waals surface area contributed by atoms with E-state index in [4.69, 9.17) is 0 Å². The van der Waals surface area contributed by atoms with Crippen LogP contribution in [-0.2, 0) is 19.9 Å². The van der Waals surface area contributed by atoms with Crippen molar-refractivity contribution in [2.75, 3.05) is 11.0 Å². The molecule has 3 aliphatic carbocycles. The van der Waals surface area contributed by atoms with Crippen molar-refractivity contribution in [3.8, 4) is 0 Å². The topological polar surface area (TPSA) is 109 Å². The third-order valence-corrected chi connectivity index (χ3v) is 8.50. The van der Waals surface area contributed by atoms with Crippen molar-refractivity contribution in [2.24, 2.45) is 5.41 Å². The second-order valence-corrected chi connectivity index (χ2v) is 12.3. The number of alkyl halides is 3. The van der Waals surface area contributed by atoms with Crippen molar-refractivity contribution in [1.82, 2.24) is 5.32 Å². The van der Waals surface area contributed by atoms with E-state index in [1.54, 1.807) is 0 Å². The van der Waals surface area contributed by atoms with Crippen LogP contribution in [0.3, 0.4) is 0 Å². The molecule has 5 rings (SSSR count). The summed E-state index contributed by atoms with van der Waals surface area (Å²) in [7, 11) is -8.14. The second kappa shape index (κ2) is 7.16. The number of nitrogens with one attached hydrogen (secondary N) is 2. The number of amides is 1. The van der Waals surface area contributed by atoms with Crippen molar-refractivity contribution in [1.29, 1.82) is 0 Å². The van der Waals surface area contributed by atoms with E-state index in [1.807, 2.05) is 0 Å². The molecule has 0 radical (unpaired) electrons. The number of sulfonamides is 1. The average Bonchev–Trinajstić information content (AvgIpc) is 2.61. The number of hydrogen-bond acceptors (Lipinski definition) is 5. The van der Waals surface area contributed by atoms with Crippen molar-refractivity contribution in [2.45, 2.75) is 40.8 Å².